The van der Waals surface area contributed by atoms with Crippen LogP contribution in [0, 0.1) is 5.41 Å². The Morgan fingerprint density at radius 3 is 3.09 bits per heavy atom. The number of furan rings is 1. The first-order chi connectivity index (χ1) is 10.7. The van der Waals surface area contributed by atoms with Gasteiger partial charge in [-0.3, -0.25) is 9.79 Å². The Kier molecular flexibility index (Phi) is 6.32. The molecule has 7 heteroatoms. The molecule has 0 aromatic carbocycles. The van der Waals surface area contributed by atoms with Crippen LogP contribution in [0.2, 0.25) is 0 Å². The summed E-state index contributed by atoms with van der Waals surface area (Å²) in [4.78, 5) is 18.3. The molecule has 2 aliphatic rings. The third-order valence-corrected chi connectivity index (χ3v) is 4.60. The standard InChI is InChI=1S/C16H24N4O2.HI/c1-17-15(18-7-5-13-4-2-9-22-13)20-8-3-6-16(12-20)10-14(21)19-11-16;/h2,4,9H,3,5-8,10-12H2,1H3,(H,17,18)(H,19,21);1H. The molecule has 2 fully saturated rings. The van der Waals surface area contributed by atoms with E-state index >= 15 is 0 Å². The van der Waals surface area contributed by atoms with E-state index in [9.17, 15) is 4.79 Å². The van der Waals surface area contributed by atoms with E-state index in [1.807, 2.05) is 19.2 Å². The van der Waals surface area contributed by atoms with Crippen LogP contribution in [0.15, 0.2) is 27.8 Å². The lowest BCUT2D eigenvalue weighted by Gasteiger charge is -2.40. The lowest BCUT2D eigenvalue weighted by atomic mass is 9.79. The Labute approximate surface area is 154 Å². The number of likely N-dealkylation sites (tertiary alicyclic amines) is 1. The lowest BCUT2D eigenvalue weighted by Crippen LogP contribution is -2.51. The minimum atomic E-state index is 0. The fourth-order valence-corrected chi connectivity index (χ4v) is 3.51. The Morgan fingerprint density at radius 2 is 2.43 bits per heavy atom. The molecule has 0 aliphatic carbocycles. The number of carbonyl (C=O) groups is 1. The normalized spacial score (nSPS) is 24.5. The van der Waals surface area contributed by atoms with Gasteiger partial charge in [-0.25, -0.2) is 0 Å². The van der Waals surface area contributed by atoms with Gasteiger partial charge in [0.15, 0.2) is 5.96 Å². The summed E-state index contributed by atoms with van der Waals surface area (Å²) in [6, 6.07) is 3.89. The molecule has 0 saturated carbocycles. The van der Waals surface area contributed by atoms with Gasteiger partial charge in [0.25, 0.3) is 0 Å². The van der Waals surface area contributed by atoms with E-state index in [2.05, 4.69) is 20.5 Å². The second-order valence-corrected chi connectivity index (χ2v) is 6.28. The van der Waals surface area contributed by atoms with Crippen LogP contribution in [0.5, 0.6) is 0 Å². The van der Waals surface area contributed by atoms with E-state index in [4.69, 9.17) is 4.42 Å². The summed E-state index contributed by atoms with van der Waals surface area (Å²) in [6.07, 6.45) is 5.40. The number of nitrogens with one attached hydrogen (secondary N) is 2. The van der Waals surface area contributed by atoms with Crippen molar-refractivity contribution in [3.05, 3.63) is 24.2 Å². The van der Waals surface area contributed by atoms with Crippen molar-refractivity contribution in [2.24, 2.45) is 10.4 Å². The molecule has 2 aliphatic heterocycles. The number of amides is 1. The van der Waals surface area contributed by atoms with Gasteiger partial charge in [-0.2, -0.15) is 0 Å². The minimum Gasteiger partial charge on any atom is -0.469 e. The Bertz CT molecular complexity index is 546. The predicted octanol–water partition coefficient (Wildman–Crippen LogP) is 1.62. The van der Waals surface area contributed by atoms with Crippen LogP contribution in [0.25, 0.3) is 0 Å². The van der Waals surface area contributed by atoms with E-state index < -0.39 is 0 Å². The maximum absolute atomic E-state index is 11.6. The molecular weight excluding hydrogens is 407 g/mol. The van der Waals surface area contributed by atoms with E-state index in [-0.39, 0.29) is 35.3 Å². The first-order valence-electron chi connectivity index (χ1n) is 7.95. The molecule has 2 N–H and O–H groups in total. The fraction of sp³-hybridized carbons (Fsp3) is 0.625. The second kappa shape index (κ2) is 8.03. The molecule has 0 radical (unpaired) electrons. The zero-order valence-corrected chi connectivity index (χ0v) is 15.8. The SMILES string of the molecule is CN=C(NCCc1ccco1)N1CCCC2(CNC(=O)C2)C1.I. The van der Waals surface area contributed by atoms with Crippen molar-refractivity contribution in [1.29, 1.82) is 0 Å². The van der Waals surface area contributed by atoms with Crippen LogP contribution in [0.1, 0.15) is 25.0 Å². The summed E-state index contributed by atoms with van der Waals surface area (Å²) in [5, 5.41) is 6.39. The zero-order valence-electron chi connectivity index (χ0n) is 13.5. The number of rotatable bonds is 3. The van der Waals surface area contributed by atoms with Gasteiger partial charge in [-0.05, 0) is 25.0 Å². The molecule has 1 unspecified atom stereocenters. The number of carbonyl (C=O) groups excluding carboxylic acids is 1. The van der Waals surface area contributed by atoms with E-state index in [0.29, 0.717) is 6.42 Å². The largest absolute Gasteiger partial charge is 0.469 e. The highest BCUT2D eigenvalue weighted by Gasteiger charge is 2.42. The van der Waals surface area contributed by atoms with Crippen LogP contribution >= 0.6 is 24.0 Å². The van der Waals surface area contributed by atoms with E-state index in [1.165, 1.54) is 0 Å². The third-order valence-electron chi connectivity index (χ3n) is 4.60. The van der Waals surface area contributed by atoms with Gasteiger partial charge in [0.2, 0.25) is 5.91 Å². The number of piperidine rings is 1. The molecule has 2 saturated heterocycles. The quantitative estimate of drug-likeness (QED) is 0.433. The van der Waals surface area contributed by atoms with Gasteiger partial charge in [-0.1, -0.05) is 0 Å². The number of guanidine groups is 1. The molecule has 1 aromatic heterocycles. The molecular formula is C16H25IN4O2. The highest BCUT2D eigenvalue weighted by atomic mass is 127. The third kappa shape index (κ3) is 4.39. The van der Waals surface area contributed by atoms with Crippen molar-refractivity contribution in [2.45, 2.75) is 25.7 Å². The average molecular weight is 432 g/mol. The Morgan fingerprint density at radius 1 is 1.57 bits per heavy atom. The highest BCUT2D eigenvalue weighted by Crippen LogP contribution is 2.35. The lowest BCUT2D eigenvalue weighted by molar-refractivity contribution is -0.119. The van der Waals surface area contributed by atoms with Gasteiger partial charge >= 0.3 is 0 Å². The zero-order chi connectivity index (χ0) is 15.4. The number of nitrogens with zero attached hydrogens (tertiary/aromatic N) is 2. The first kappa shape index (κ1) is 18.1. The van der Waals surface area contributed by atoms with Gasteiger partial charge in [-0.15, -0.1) is 24.0 Å². The molecule has 128 valence electrons. The summed E-state index contributed by atoms with van der Waals surface area (Å²) in [6.45, 7) is 3.48. The monoisotopic (exact) mass is 432 g/mol. The Hall–Kier alpha value is -1.25. The van der Waals surface area contributed by atoms with Crippen molar-refractivity contribution in [3.63, 3.8) is 0 Å². The van der Waals surface area contributed by atoms with Crippen LogP contribution < -0.4 is 10.6 Å². The smallest absolute Gasteiger partial charge is 0.220 e. The number of hydrogen-bond donors (Lipinski definition) is 2. The molecule has 3 heterocycles. The summed E-state index contributed by atoms with van der Waals surface area (Å²) < 4.78 is 5.34. The van der Waals surface area contributed by atoms with E-state index in [1.54, 1.807) is 6.26 Å². The number of halogens is 1. The van der Waals surface area contributed by atoms with Crippen LogP contribution in [0.3, 0.4) is 0 Å². The van der Waals surface area contributed by atoms with Crippen molar-refractivity contribution >= 4 is 35.8 Å². The maximum Gasteiger partial charge on any atom is 0.220 e. The predicted molar refractivity (Wildman–Crippen MR) is 100 cm³/mol. The number of aliphatic imine (C=N–C) groups is 1. The summed E-state index contributed by atoms with van der Waals surface area (Å²) in [7, 11) is 1.81. The van der Waals surface area contributed by atoms with Gasteiger partial charge in [0, 0.05) is 51.5 Å². The summed E-state index contributed by atoms with van der Waals surface area (Å²) in [5.41, 5.74) is 0.0912. The fourth-order valence-electron chi connectivity index (χ4n) is 3.51. The second-order valence-electron chi connectivity index (χ2n) is 6.28. The molecule has 1 amide bonds. The van der Waals surface area contributed by atoms with Gasteiger partial charge in [0.1, 0.15) is 5.76 Å². The maximum atomic E-state index is 11.6. The minimum absolute atomic E-state index is 0. The van der Waals surface area contributed by atoms with Crippen molar-refractivity contribution < 1.29 is 9.21 Å². The molecule has 0 bridgehead atoms. The van der Waals surface area contributed by atoms with Gasteiger partial charge in [0.05, 0.1) is 6.26 Å². The average Bonchev–Trinajstić information content (AvgIpc) is 3.14. The topological polar surface area (TPSA) is 69.9 Å². The molecule has 1 aromatic rings. The number of hydrogen-bond acceptors (Lipinski definition) is 3. The van der Waals surface area contributed by atoms with Crippen molar-refractivity contribution in [1.82, 2.24) is 15.5 Å². The molecule has 6 nitrogen and oxygen atoms in total. The summed E-state index contributed by atoms with van der Waals surface area (Å²) in [5.74, 6) is 2.08. The molecule has 3 rings (SSSR count). The van der Waals surface area contributed by atoms with Gasteiger partial charge < -0.3 is 20.0 Å². The van der Waals surface area contributed by atoms with E-state index in [0.717, 1.165) is 57.2 Å². The highest BCUT2D eigenvalue weighted by molar-refractivity contribution is 14.0. The Balaban J connectivity index is 0.00000192. The van der Waals surface area contributed by atoms with Crippen LogP contribution in [-0.2, 0) is 11.2 Å². The first-order valence-corrected chi connectivity index (χ1v) is 7.95. The van der Waals surface area contributed by atoms with Crippen molar-refractivity contribution in [3.8, 4) is 0 Å². The van der Waals surface area contributed by atoms with Crippen molar-refractivity contribution in [2.75, 3.05) is 33.2 Å². The van der Waals surface area contributed by atoms with Crippen LogP contribution in [0.4, 0.5) is 0 Å². The van der Waals surface area contributed by atoms with Crippen LogP contribution in [-0.4, -0.2) is 50.0 Å². The summed E-state index contributed by atoms with van der Waals surface area (Å²) >= 11 is 0. The molecule has 23 heavy (non-hydrogen) atoms. The molecule has 1 atom stereocenters. The molecule has 1 spiro atoms.